The fraction of sp³-hybridized carbons (Fsp3) is 0.0476. The lowest BCUT2D eigenvalue weighted by atomic mass is 10.2. The number of carbonyl (C=O) groups is 1. The summed E-state index contributed by atoms with van der Waals surface area (Å²) in [5.74, 6) is -0.308. The third kappa shape index (κ3) is 5.09. The highest BCUT2D eigenvalue weighted by atomic mass is 16.5. The predicted molar refractivity (Wildman–Crippen MR) is 102 cm³/mol. The van der Waals surface area contributed by atoms with E-state index >= 15 is 0 Å². The second-order valence-electron chi connectivity index (χ2n) is 5.75. The van der Waals surface area contributed by atoms with Gasteiger partial charge >= 0.3 is 0 Å². The summed E-state index contributed by atoms with van der Waals surface area (Å²) in [5, 5.41) is 23.0. The van der Waals surface area contributed by atoms with Gasteiger partial charge in [0, 0.05) is 0 Å². The molecule has 0 aromatic heterocycles. The molecular weight excluding hydrogens is 344 g/mol. The number of hydrogen-bond donors (Lipinski definition) is 3. The lowest BCUT2D eigenvalue weighted by Crippen LogP contribution is -2.17. The second kappa shape index (κ2) is 8.53. The molecule has 0 spiro atoms. The molecule has 0 aliphatic carbocycles. The second-order valence-corrected chi connectivity index (χ2v) is 5.75. The van der Waals surface area contributed by atoms with Gasteiger partial charge in [0.05, 0.1) is 11.8 Å². The third-order valence-electron chi connectivity index (χ3n) is 3.71. The normalized spacial score (nSPS) is 10.7. The Kier molecular flexibility index (Phi) is 5.69. The Hall–Kier alpha value is -3.80. The Balaban J connectivity index is 1.60. The molecule has 3 aromatic carbocycles. The Morgan fingerprint density at radius 3 is 2.63 bits per heavy atom. The number of phenols is 2. The molecule has 3 rings (SSSR count). The van der Waals surface area contributed by atoms with Crippen LogP contribution in [0.1, 0.15) is 21.5 Å². The van der Waals surface area contributed by atoms with Crippen LogP contribution in [0.3, 0.4) is 0 Å². The van der Waals surface area contributed by atoms with Gasteiger partial charge in [-0.2, -0.15) is 5.10 Å². The van der Waals surface area contributed by atoms with Crippen molar-refractivity contribution in [2.75, 3.05) is 0 Å². The Labute approximate surface area is 156 Å². The van der Waals surface area contributed by atoms with Gasteiger partial charge in [-0.15, -0.1) is 0 Å². The first-order chi connectivity index (χ1) is 13.1. The van der Waals surface area contributed by atoms with Gasteiger partial charge in [-0.25, -0.2) is 5.43 Å². The molecule has 0 aliphatic rings. The smallest absolute Gasteiger partial charge is 0.275 e. The van der Waals surface area contributed by atoms with Crippen molar-refractivity contribution in [3.05, 3.63) is 89.5 Å². The van der Waals surface area contributed by atoms with Crippen molar-refractivity contribution in [1.82, 2.24) is 5.43 Å². The van der Waals surface area contributed by atoms with Crippen molar-refractivity contribution in [1.29, 1.82) is 0 Å². The minimum atomic E-state index is -0.629. The summed E-state index contributed by atoms with van der Waals surface area (Å²) in [4.78, 5) is 12.0. The third-order valence-corrected chi connectivity index (χ3v) is 3.71. The number of phenolic OH excluding ortho intramolecular Hbond substituents is 2. The molecule has 3 aromatic rings. The van der Waals surface area contributed by atoms with Crippen molar-refractivity contribution in [2.45, 2.75) is 6.61 Å². The van der Waals surface area contributed by atoms with Crippen LogP contribution in [0.15, 0.2) is 77.9 Å². The van der Waals surface area contributed by atoms with Crippen LogP contribution in [0.4, 0.5) is 0 Å². The van der Waals surface area contributed by atoms with Crippen molar-refractivity contribution in [2.24, 2.45) is 5.10 Å². The van der Waals surface area contributed by atoms with E-state index in [1.165, 1.54) is 18.3 Å². The lowest BCUT2D eigenvalue weighted by Gasteiger charge is -2.07. The number of nitrogens with zero attached hydrogens (tertiary/aromatic N) is 1. The molecule has 6 nitrogen and oxygen atoms in total. The molecule has 0 atom stereocenters. The standard InChI is InChI=1S/C21H18N2O4/c24-17-9-10-20(25)19(12-17)21(26)23-22-13-16-7-4-8-18(11-16)27-14-15-5-2-1-3-6-15/h1-13,24-25H,14H2,(H,23,26)/b22-13-. The van der Waals surface area contributed by atoms with Gasteiger partial charge in [0.15, 0.2) is 0 Å². The molecule has 1 amide bonds. The number of ether oxygens (including phenoxy) is 1. The zero-order chi connectivity index (χ0) is 19.1. The fourth-order valence-electron chi connectivity index (χ4n) is 2.36. The number of hydrazone groups is 1. The van der Waals surface area contributed by atoms with Crippen LogP contribution in [0.5, 0.6) is 17.2 Å². The van der Waals surface area contributed by atoms with E-state index in [1.807, 2.05) is 48.5 Å². The molecule has 0 bridgehead atoms. The van der Waals surface area contributed by atoms with E-state index in [1.54, 1.807) is 6.07 Å². The summed E-state index contributed by atoms with van der Waals surface area (Å²) in [5.41, 5.74) is 4.05. The van der Waals surface area contributed by atoms with Gasteiger partial charge in [-0.3, -0.25) is 4.79 Å². The topological polar surface area (TPSA) is 91.2 Å². The van der Waals surface area contributed by atoms with Crippen molar-refractivity contribution in [3.63, 3.8) is 0 Å². The first kappa shape index (κ1) is 18.0. The first-order valence-corrected chi connectivity index (χ1v) is 8.24. The maximum atomic E-state index is 12.0. The fourth-order valence-corrected chi connectivity index (χ4v) is 2.36. The van der Waals surface area contributed by atoms with E-state index < -0.39 is 5.91 Å². The van der Waals surface area contributed by atoms with Crippen LogP contribution in [0, 0.1) is 0 Å². The molecule has 0 fully saturated rings. The summed E-state index contributed by atoms with van der Waals surface area (Å²) in [6.45, 7) is 0.453. The van der Waals surface area contributed by atoms with Crippen LogP contribution in [0.25, 0.3) is 0 Å². The largest absolute Gasteiger partial charge is 0.508 e. The summed E-state index contributed by atoms with van der Waals surface area (Å²) in [7, 11) is 0. The predicted octanol–water partition coefficient (Wildman–Crippen LogP) is 3.44. The molecule has 136 valence electrons. The zero-order valence-electron chi connectivity index (χ0n) is 14.4. The number of rotatable bonds is 6. The average Bonchev–Trinajstić information content (AvgIpc) is 2.69. The average molecular weight is 362 g/mol. The Morgan fingerprint density at radius 2 is 1.81 bits per heavy atom. The van der Waals surface area contributed by atoms with Gasteiger partial charge in [-0.1, -0.05) is 42.5 Å². The highest BCUT2D eigenvalue weighted by molar-refractivity contribution is 5.97. The highest BCUT2D eigenvalue weighted by Crippen LogP contribution is 2.21. The summed E-state index contributed by atoms with van der Waals surface area (Å²) < 4.78 is 5.75. The van der Waals surface area contributed by atoms with Crippen molar-refractivity contribution < 1.29 is 19.7 Å². The van der Waals surface area contributed by atoms with E-state index in [-0.39, 0.29) is 17.1 Å². The van der Waals surface area contributed by atoms with Crippen LogP contribution >= 0.6 is 0 Å². The van der Waals surface area contributed by atoms with E-state index in [0.717, 1.165) is 17.2 Å². The van der Waals surface area contributed by atoms with Crippen LogP contribution in [-0.4, -0.2) is 22.3 Å². The number of aromatic hydroxyl groups is 2. The number of amides is 1. The Bertz CT molecular complexity index is 955. The van der Waals surface area contributed by atoms with Gasteiger partial charge in [-0.05, 0) is 41.5 Å². The Morgan fingerprint density at radius 1 is 1.00 bits per heavy atom. The van der Waals surface area contributed by atoms with Gasteiger partial charge in [0.25, 0.3) is 5.91 Å². The van der Waals surface area contributed by atoms with E-state index in [0.29, 0.717) is 12.4 Å². The molecule has 0 radical (unpaired) electrons. The first-order valence-electron chi connectivity index (χ1n) is 8.24. The van der Waals surface area contributed by atoms with Crippen LogP contribution in [-0.2, 0) is 6.61 Å². The molecule has 6 heteroatoms. The molecule has 0 heterocycles. The van der Waals surface area contributed by atoms with Crippen molar-refractivity contribution >= 4 is 12.1 Å². The number of hydrogen-bond acceptors (Lipinski definition) is 5. The summed E-state index contributed by atoms with van der Waals surface area (Å²) >= 11 is 0. The molecule has 0 saturated heterocycles. The van der Waals surface area contributed by atoms with Gasteiger partial charge < -0.3 is 14.9 Å². The van der Waals surface area contributed by atoms with Gasteiger partial charge in [0.2, 0.25) is 0 Å². The van der Waals surface area contributed by atoms with Crippen LogP contribution < -0.4 is 10.2 Å². The van der Waals surface area contributed by atoms with E-state index in [9.17, 15) is 15.0 Å². The molecule has 0 saturated carbocycles. The van der Waals surface area contributed by atoms with Crippen LogP contribution in [0.2, 0.25) is 0 Å². The lowest BCUT2D eigenvalue weighted by molar-refractivity contribution is 0.0952. The minimum Gasteiger partial charge on any atom is -0.508 e. The number of carbonyl (C=O) groups excluding carboxylic acids is 1. The SMILES string of the molecule is O=C(N/N=C\c1cccc(OCc2ccccc2)c1)c1cc(O)ccc1O. The molecule has 27 heavy (non-hydrogen) atoms. The summed E-state index contributed by atoms with van der Waals surface area (Å²) in [6.07, 6.45) is 1.47. The maximum absolute atomic E-state index is 12.0. The minimum absolute atomic E-state index is 0.0629. The molecule has 0 unspecified atom stereocenters. The van der Waals surface area contributed by atoms with Gasteiger partial charge in [0.1, 0.15) is 23.9 Å². The van der Waals surface area contributed by atoms with E-state index in [2.05, 4.69) is 10.5 Å². The molecular formula is C21H18N2O4. The number of nitrogens with one attached hydrogen (secondary N) is 1. The maximum Gasteiger partial charge on any atom is 0.275 e. The monoisotopic (exact) mass is 362 g/mol. The quantitative estimate of drug-likeness (QED) is 0.356. The van der Waals surface area contributed by atoms with E-state index in [4.69, 9.17) is 4.74 Å². The molecule has 0 aliphatic heterocycles. The zero-order valence-corrected chi connectivity index (χ0v) is 14.4. The molecule has 3 N–H and O–H groups in total. The van der Waals surface area contributed by atoms with Crippen molar-refractivity contribution in [3.8, 4) is 17.2 Å². The summed E-state index contributed by atoms with van der Waals surface area (Å²) in [6, 6.07) is 20.8. The number of benzene rings is 3. The highest BCUT2D eigenvalue weighted by Gasteiger charge is 2.11.